The quantitative estimate of drug-likeness (QED) is 0.479. The second-order valence-corrected chi connectivity index (χ2v) is 9.02. The van der Waals surface area contributed by atoms with Crippen LogP contribution in [0.25, 0.3) is 0 Å². The molecule has 0 radical (unpaired) electrons. The molecule has 0 rings (SSSR count). The Labute approximate surface area is 61.9 Å². The molecular formula is C6H15BrSi. The minimum absolute atomic E-state index is 0.463. The van der Waals surface area contributed by atoms with E-state index in [2.05, 4.69) is 36.1 Å². The minimum Gasteiger partial charge on any atom is -0.131 e. The first-order chi connectivity index (χ1) is 3.68. The first-order valence-electron chi connectivity index (χ1n) is 3.32. The Balaban J connectivity index is 3.17. The van der Waals surface area contributed by atoms with Crippen molar-refractivity contribution in [3.05, 3.63) is 0 Å². The largest absolute Gasteiger partial charge is 0.131 e. The Bertz CT molecular complexity index is 54.5. The van der Waals surface area contributed by atoms with Gasteiger partial charge < -0.3 is 0 Å². The van der Waals surface area contributed by atoms with Crippen LogP contribution in [0.15, 0.2) is 0 Å². The van der Waals surface area contributed by atoms with Gasteiger partial charge in [0.25, 0.3) is 0 Å². The number of rotatable bonds is 3. The summed E-state index contributed by atoms with van der Waals surface area (Å²) < 4.78 is 0. The highest BCUT2D eigenvalue weighted by molar-refractivity contribution is 9.24. The fourth-order valence-electron chi connectivity index (χ4n) is 0.609. The van der Waals surface area contributed by atoms with Crippen molar-refractivity contribution in [1.82, 2.24) is 0 Å². The number of hydrogen-bond acceptors (Lipinski definition) is 0. The topological polar surface area (TPSA) is 0 Å². The van der Waals surface area contributed by atoms with Crippen molar-refractivity contribution >= 4 is 22.7 Å². The van der Waals surface area contributed by atoms with Gasteiger partial charge in [-0.15, -0.1) is 15.3 Å². The molecule has 0 aromatic rings. The van der Waals surface area contributed by atoms with E-state index in [1.165, 1.54) is 12.5 Å². The second kappa shape index (κ2) is 4.56. The van der Waals surface area contributed by atoms with Crippen LogP contribution >= 0.6 is 15.3 Å². The van der Waals surface area contributed by atoms with Crippen LogP contribution < -0.4 is 0 Å². The van der Waals surface area contributed by atoms with Gasteiger partial charge in [-0.25, -0.2) is 0 Å². The maximum absolute atomic E-state index is 3.74. The van der Waals surface area contributed by atoms with E-state index >= 15 is 0 Å². The molecule has 0 spiro atoms. The van der Waals surface area contributed by atoms with Crippen molar-refractivity contribution < 1.29 is 0 Å². The molecule has 1 unspecified atom stereocenters. The molecule has 0 aliphatic heterocycles. The Morgan fingerprint density at radius 1 is 1.50 bits per heavy atom. The summed E-state index contributed by atoms with van der Waals surface area (Å²) >= 11 is 3.74. The smallest absolute Gasteiger partial charge is 0.117 e. The van der Waals surface area contributed by atoms with Gasteiger partial charge in [-0.3, -0.25) is 0 Å². The standard InChI is InChI=1S/C6H15BrSi/c1-4-5-8(7)6(2)3/h6,8H,4-5H2,1-3H3. The summed E-state index contributed by atoms with van der Waals surface area (Å²) in [6, 6.07) is 1.44. The van der Waals surface area contributed by atoms with E-state index in [1.54, 1.807) is 0 Å². The van der Waals surface area contributed by atoms with Crippen LogP contribution in [0.5, 0.6) is 0 Å². The molecule has 0 fully saturated rings. The predicted molar refractivity (Wildman–Crippen MR) is 46.3 cm³/mol. The summed E-state index contributed by atoms with van der Waals surface area (Å²) in [5.74, 6) is 0. The van der Waals surface area contributed by atoms with E-state index in [4.69, 9.17) is 0 Å². The van der Waals surface area contributed by atoms with Crippen LogP contribution in [0.3, 0.4) is 0 Å². The van der Waals surface area contributed by atoms with Gasteiger partial charge in [0, 0.05) is 0 Å². The third kappa shape index (κ3) is 3.67. The normalized spacial score (nSPS) is 14.6. The van der Waals surface area contributed by atoms with Crippen LogP contribution in [0.1, 0.15) is 27.2 Å². The zero-order valence-corrected chi connectivity index (χ0v) is 8.69. The summed E-state index contributed by atoms with van der Waals surface area (Å²) in [5, 5.41) is 0. The van der Waals surface area contributed by atoms with Crippen molar-refractivity contribution in [3.63, 3.8) is 0 Å². The lowest BCUT2D eigenvalue weighted by molar-refractivity contribution is 0.996. The molecule has 1 atom stereocenters. The van der Waals surface area contributed by atoms with Crippen molar-refractivity contribution in [3.8, 4) is 0 Å². The fraction of sp³-hybridized carbons (Fsp3) is 1.00. The van der Waals surface area contributed by atoms with Crippen molar-refractivity contribution in [2.24, 2.45) is 0 Å². The molecule has 50 valence electrons. The van der Waals surface area contributed by atoms with Gasteiger partial charge in [0.15, 0.2) is 0 Å². The lowest BCUT2D eigenvalue weighted by Gasteiger charge is -2.08. The van der Waals surface area contributed by atoms with Gasteiger partial charge >= 0.3 is 0 Å². The van der Waals surface area contributed by atoms with Gasteiger partial charge in [0.05, 0.1) is 0 Å². The summed E-state index contributed by atoms with van der Waals surface area (Å²) in [7, 11) is -0.463. The highest BCUT2D eigenvalue weighted by Crippen LogP contribution is 2.18. The molecule has 0 saturated carbocycles. The highest BCUT2D eigenvalue weighted by atomic mass is 79.9. The molecule has 0 aliphatic rings. The van der Waals surface area contributed by atoms with Crippen LogP contribution in [0.4, 0.5) is 0 Å². The van der Waals surface area contributed by atoms with E-state index in [0.717, 1.165) is 5.54 Å². The highest BCUT2D eigenvalue weighted by Gasteiger charge is 2.08. The van der Waals surface area contributed by atoms with Gasteiger partial charge in [-0.1, -0.05) is 33.2 Å². The van der Waals surface area contributed by atoms with E-state index in [-0.39, 0.29) is 0 Å². The second-order valence-electron chi connectivity index (χ2n) is 2.55. The Kier molecular flexibility index (Phi) is 4.96. The van der Waals surface area contributed by atoms with E-state index < -0.39 is 7.42 Å². The van der Waals surface area contributed by atoms with Crippen LogP contribution in [0, 0.1) is 0 Å². The molecule has 0 amide bonds. The maximum atomic E-state index is 3.74. The average molecular weight is 195 g/mol. The lowest BCUT2D eigenvalue weighted by atomic mass is 10.6. The Hall–Kier alpha value is 0.697. The Morgan fingerprint density at radius 2 is 2.00 bits per heavy atom. The van der Waals surface area contributed by atoms with E-state index in [0.29, 0.717) is 0 Å². The molecule has 0 aliphatic carbocycles. The van der Waals surface area contributed by atoms with E-state index in [9.17, 15) is 0 Å². The molecule has 0 aromatic carbocycles. The summed E-state index contributed by atoms with van der Waals surface area (Å²) in [6.07, 6.45) is 1.35. The Morgan fingerprint density at radius 3 is 2.12 bits per heavy atom. The van der Waals surface area contributed by atoms with Gasteiger partial charge in [-0.05, 0) is 5.54 Å². The molecule has 0 N–H and O–H groups in total. The maximum Gasteiger partial charge on any atom is 0.117 e. The number of hydrogen-bond donors (Lipinski definition) is 0. The third-order valence-electron chi connectivity index (χ3n) is 1.29. The molecular weight excluding hydrogens is 180 g/mol. The van der Waals surface area contributed by atoms with Crippen LogP contribution in [-0.4, -0.2) is 7.42 Å². The first-order valence-corrected chi connectivity index (χ1v) is 7.99. The van der Waals surface area contributed by atoms with Crippen LogP contribution in [-0.2, 0) is 0 Å². The summed E-state index contributed by atoms with van der Waals surface area (Å²) in [4.78, 5) is 0. The lowest BCUT2D eigenvalue weighted by Crippen LogP contribution is -2.05. The van der Waals surface area contributed by atoms with E-state index in [1.807, 2.05) is 0 Å². The predicted octanol–water partition coefficient (Wildman–Crippen LogP) is 2.93. The molecule has 0 heterocycles. The molecule has 0 nitrogen and oxygen atoms in total. The monoisotopic (exact) mass is 194 g/mol. The third-order valence-corrected chi connectivity index (χ3v) is 8.41. The van der Waals surface area contributed by atoms with Gasteiger partial charge in [-0.2, -0.15) is 0 Å². The van der Waals surface area contributed by atoms with Crippen molar-refractivity contribution in [1.29, 1.82) is 0 Å². The molecule has 2 heteroatoms. The minimum atomic E-state index is -0.463. The molecule has 0 aromatic heterocycles. The zero-order chi connectivity index (χ0) is 6.57. The molecule has 0 saturated heterocycles. The van der Waals surface area contributed by atoms with Gasteiger partial charge in [0.1, 0.15) is 7.42 Å². The molecule has 8 heavy (non-hydrogen) atoms. The first kappa shape index (κ1) is 8.70. The summed E-state index contributed by atoms with van der Waals surface area (Å²) in [5.41, 5.74) is 0.926. The average Bonchev–Trinajstić information content (AvgIpc) is 1.67. The number of halogens is 1. The van der Waals surface area contributed by atoms with Gasteiger partial charge in [0.2, 0.25) is 0 Å². The zero-order valence-electron chi connectivity index (χ0n) is 5.95. The van der Waals surface area contributed by atoms with Crippen molar-refractivity contribution in [2.75, 3.05) is 0 Å². The molecule has 0 bridgehead atoms. The van der Waals surface area contributed by atoms with Crippen LogP contribution in [0.2, 0.25) is 11.6 Å². The summed E-state index contributed by atoms with van der Waals surface area (Å²) in [6.45, 7) is 6.87. The fourth-order valence-corrected chi connectivity index (χ4v) is 3.20. The van der Waals surface area contributed by atoms with Crippen molar-refractivity contribution in [2.45, 2.75) is 38.8 Å². The SMILES string of the molecule is CCC[SiH](Br)C(C)C.